The van der Waals surface area contributed by atoms with Gasteiger partial charge >= 0.3 is 0 Å². The lowest BCUT2D eigenvalue weighted by atomic mass is 9.78. The van der Waals surface area contributed by atoms with Gasteiger partial charge in [-0.25, -0.2) is 0 Å². The van der Waals surface area contributed by atoms with Crippen LogP contribution in [0, 0.1) is 0 Å². The molecule has 180 valence electrons. The molecule has 0 atom stereocenters. The van der Waals surface area contributed by atoms with Crippen molar-refractivity contribution in [1.82, 2.24) is 0 Å². The molecule has 37 heavy (non-hydrogen) atoms. The quantitative estimate of drug-likeness (QED) is 0.249. The molecule has 0 unspecified atom stereocenters. The molecule has 0 aliphatic carbocycles. The van der Waals surface area contributed by atoms with Crippen LogP contribution in [0.4, 0.5) is 22.7 Å². The van der Waals surface area contributed by atoms with Gasteiger partial charge in [-0.3, -0.25) is 0 Å². The summed E-state index contributed by atoms with van der Waals surface area (Å²) >= 11 is 0. The lowest BCUT2D eigenvalue weighted by molar-refractivity contribution is 0.641. The number of rotatable bonds is 6. The highest BCUT2D eigenvalue weighted by atomic mass is 14.9. The lowest BCUT2D eigenvalue weighted by Crippen LogP contribution is -2.19. The molecule has 0 aromatic heterocycles. The van der Waals surface area contributed by atoms with Crippen molar-refractivity contribution in [1.29, 1.82) is 0 Å². The van der Waals surface area contributed by atoms with E-state index < -0.39 is 0 Å². The number of hydrogen-bond donors (Lipinski definition) is 2. The van der Waals surface area contributed by atoms with Crippen LogP contribution < -0.4 is 10.6 Å². The van der Waals surface area contributed by atoms with Crippen LogP contribution in [0.1, 0.15) is 25.0 Å². The standard InChI is InChI=1S/C35H30N2/c1-35(2,29-13-7-15-31(23-29)36-33-19-17-25-9-3-5-11-27(25)21-33)30-14-8-16-32(24-30)37-34-20-18-26-10-4-6-12-28(26)22-34/h3-24,36-37H,1-2H3. The Morgan fingerprint density at radius 1 is 0.378 bits per heavy atom. The third-order valence-corrected chi connectivity index (χ3v) is 7.24. The molecule has 6 rings (SSSR count). The smallest absolute Gasteiger partial charge is 0.0390 e. The van der Waals surface area contributed by atoms with Gasteiger partial charge in [-0.15, -0.1) is 0 Å². The Labute approximate surface area is 218 Å². The molecule has 0 aliphatic heterocycles. The van der Waals surface area contributed by atoms with Crippen molar-refractivity contribution in [3.8, 4) is 0 Å². The first kappa shape index (κ1) is 22.9. The molecule has 0 heterocycles. The molecular weight excluding hydrogens is 448 g/mol. The second-order valence-electron chi connectivity index (χ2n) is 10.2. The molecule has 0 spiro atoms. The fraction of sp³-hybridized carbons (Fsp3) is 0.0857. The van der Waals surface area contributed by atoms with E-state index in [1.807, 2.05) is 0 Å². The summed E-state index contributed by atoms with van der Waals surface area (Å²) < 4.78 is 0. The molecule has 0 saturated carbocycles. The molecule has 0 bridgehead atoms. The van der Waals surface area contributed by atoms with Gasteiger partial charge in [0.1, 0.15) is 0 Å². The van der Waals surface area contributed by atoms with E-state index in [4.69, 9.17) is 0 Å². The van der Waals surface area contributed by atoms with Crippen molar-refractivity contribution in [2.45, 2.75) is 19.3 Å². The number of nitrogens with one attached hydrogen (secondary N) is 2. The van der Waals surface area contributed by atoms with Gasteiger partial charge in [0.2, 0.25) is 0 Å². The number of hydrogen-bond acceptors (Lipinski definition) is 2. The van der Waals surface area contributed by atoms with Crippen LogP contribution in [-0.4, -0.2) is 0 Å². The highest BCUT2D eigenvalue weighted by molar-refractivity contribution is 5.87. The van der Waals surface area contributed by atoms with Crippen molar-refractivity contribution in [3.63, 3.8) is 0 Å². The predicted octanol–water partition coefficient (Wildman–Crippen LogP) is 9.81. The van der Waals surface area contributed by atoms with Crippen LogP contribution in [0.2, 0.25) is 0 Å². The van der Waals surface area contributed by atoms with Gasteiger partial charge < -0.3 is 10.6 Å². The van der Waals surface area contributed by atoms with Gasteiger partial charge in [-0.1, -0.05) is 98.8 Å². The van der Waals surface area contributed by atoms with Crippen LogP contribution in [-0.2, 0) is 5.41 Å². The predicted molar refractivity (Wildman–Crippen MR) is 159 cm³/mol. The first-order chi connectivity index (χ1) is 18.0. The second-order valence-corrected chi connectivity index (χ2v) is 10.2. The summed E-state index contributed by atoms with van der Waals surface area (Å²) in [5, 5.41) is 12.2. The van der Waals surface area contributed by atoms with Gasteiger partial charge in [0, 0.05) is 28.2 Å². The summed E-state index contributed by atoms with van der Waals surface area (Å²) in [6, 6.07) is 47.4. The zero-order valence-electron chi connectivity index (χ0n) is 21.2. The van der Waals surface area contributed by atoms with Crippen molar-refractivity contribution < 1.29 is 0 Å². The number of anilines is 4. The summed E-state index contributed by atoms with van der Waals surface area (Å²) in [6.45, 7) is 4.58. The molecule has 2 N–H and O–H groups in total. The van der Waals surface area contributed by atoms with E-state index in [0.29, 0.717) is 0 Å². The summed E-state index contributed by atoms with van der Waals surface area (Å²) in [7, 11) is 0. The first-order valence-electron chi connectivity index (χ1n) is 12.8. The number of benzene rings is 6. The Morgan fingerprint density at radius 2 is 0.784 bits per heavy atom. The zero-order valence-corrected chi connectivity index (χ0v) is 21.2. The van der Waals surface area contributed by atoms with E-state index in [-0.39, 0.29) is 5.41 Å². The Kier molecular flexibility index (Phi) is 5.86. The highest BCUT2D eigenvalue weighted by Gasteiger charge is 2.23. The van der Waals surface area contributed by atoms with E-state index in [1.54, 1.807) is 0 Å². The van der Waals surface area contributed by atoms with Crippen LogP contribution in [0.15, 0.2) is 133 Å². The minimum absolute atomic E-state index is 0.165. The van der Waals surface area contributed by atoms with E-state index >= 15 is 0 Å². The van der Waals surface area contributed by atoms with E-state index in [9.17, 15) is 0 Å². The van der Waals surface area contributed by atoms with Gasteiger partial charge in [-0.2, -0.15) is 0 Å². The average Bonchev–Trinajstić information content (AvgIpc) is 2.93. The summed E-state index contributed by atoms with van der Waals surface area (Å²) in [4.78, 5) is 0. The van der Waals surface area contributed by atoms with Crippen LogP contribution >= 0.6 is 0 Å². The summed E-state index contributed by atoms with van der Waals surface area (Å²) in [5.41, 5.74) is 6.73. The van der Waals surface area contributed by atoms with E-state index in [0.717, 1.165) is 22.7 Å². The van der Waals surface area contributed by atoms with Gasteiger partial charge in [0.05, 0.1) is 0 Å². The van der Waals surface area contributed by atoms with Crippen LogP contribution in [0.3, 0.4) is 0 Å². The Bertz CT molecular complexity index is 1590. The minimum atomic E-state index is -0.165. The van der Waals surface area contributed by atoms with Crippen LogP contribution in [0.25, 0.3) is 21.5 Å². The summed E-state index contributed by atoms with van der Waals surface area (Å²) in [5.74, 6) is 0. The fourth-order valence-electron chi connectivity index (χ4n) is 5.01. The van der Waals surface area contributed by atoms with Crippen LogP contribution in [0.5, 0.6) is 0 Å². The second kappa shape index (κ2) is 9.48. The zero-order chi connectivity index (χ0) is 25.2. The van der Waals surface area contributed by atoms with Crippen molar-refractivity contribution in [2.24, 2.45) is 0 Å². The third kappa shape index (κ3) is 4.79. The fourth-order valence-corrected chi connectivity index (χ4v) is 5.01. The molecule has 6 aromatic carbocycles. The maximum atomic E-state index is 3.61. The van der Waals surface area contributed by atoms with Gasteiger partial charge in [0.15, 0.2) is 0 Å². The molecule has 2 nitrogen and oxygen atoms in total. The molecule has 0 saturated heterocycles. The van der Waals surface area contributed by atoms with Gasteiger partial charge in [-0.05, 0) is 81.2 Å². The Morgan fingerprint density at radius 3 is 1.24 bits per heavy atom. The average molecular weight is 479 g/mol. The molecule has 2 heteroatoms. The Balaban J connectivity index is 1.25. The molecule has 0 amide bonds. The molecular formula is C35H30N2. The van der Waals surface area contributed by atoms with Crippen molar-refractivity contribution >= 4 is 44.3 Å². The maximum absolute atomic E-state index is 3.61. The molecule has 0 aliphatic rings. The highest BCUT2D eigenvalue weighted by Crippen LogP contribution is 2.35. The first-order valence-corrected chi connectivity index (χ1v) is 12.8. The number of fused-ring (bicyclic) bond motifs is 2. The Hall–Kier alpha value is -4.56. The SMILES string of the molecule is CC(C)(c1cccc(Nc2ccc3ccccc3c2)c1)c1cccc(Nc2ccc3ccccc3c2)c1. The monoisotopic (exact) mass is 478 g/mol. The third-order valence-electron chi connectivity index (χ3n) is 7.24. The normalized spacial score (nSPS) is 11.5. The van der Waals surface area contributed by atoms with Crippen molar-refractivity contribution in [2.75, 3.05) is 10.6 Å². The summed E-state index contributed by atoms with van der Waals surface area (Å²) in [6.07, 6.45) is 0. The van der Waals surface area contributed by atoms with Gasteiger partial charge in [0.25, 0.3) is 0 Å². The minimum Gasteiger partial charge on any atom is -0.356 e. The largest absolute Gasteiger partial charge is 0.356 e. The maximum Gasteiger partial charge on any atom is 0.0390 e. The topological polar surface area (TPSA) is 24.1 Å². The van der Waals surface area contributed by atoms with E-state index in [2.05, 4.69) is 158 Å². The molecule has 0 fully saturated rings. The molecule has 6 aromatic rings. The molecule has 0 radical (unpaired) electrons. The lowest BCUT2D eigenvalue weighted by Gasteiger charge is -2.27. The van der Waals surface area contributed by atoms with Crippen molar-refractivity contribution in [3.05, 3.63) is 145 Å². The van der Waals surface area contributed by atoms with E-state index in [1.165, 1.54) is 32.7 Å².